The number of aromatic hydroxyl groups is 1. The summed E-state index contributed by atoms with van der Waals surface area (Å²) in [5.41, 5.74) is 2.20. The molecule has 0 unspecified atom stereocenters. The maximum atomic E-state index is 12.3. The number of fused-ring (bicyclic) bond motifs is 2. The van der Waals surface area contributed by atoms with Crippen LogP contribution in [0.15, 0.2) is 81.4 Å². The molecule has 0 saturated carbocycles. The van der Waals surface area contributed by atoms with Crippen molar-refractivity contribution in [1.29, 1.82) is 0 Å². The van der Waals surface area contributed by atoms with E-state index in [4.69, 9.17) is 9.47 Å². The van der Waals surface area contributed by atoms with Crippen LogP contribution >= 0.6 is 15.9 Å². The summed E-state index contributed by atoms with van der Waals surface area (Å²) in [6.45, 7) is 0.193. The highest BCUT2D eigenvalue weighted by atomic mass is 79.9. The molecule has 2 N–H and O–H groups in total. The van der Waals surface area contributed by atoms with Gasteiger partial charge in [0.15, 0.2) is 17.2 Å². The van der Waals surface area contributed by atoms with Crippen LogP contribution in [0.2, 0.25) is 0 Å². The highest BCUT2D eigenvalue weighted by molar-refractivity contribution is 9.10. The van der Waals surface area contributed by atoms with Gasteiger partial charge in [-0.25, -0.2) is 0 Å². The molecule has 2 heterocycles. The van der Waals surface area contributed by atoms with E-state index in [9.17, 15) is 14.7 Å². The number of benzene rings is 3. The number of carbonyl (C=O) groups is 2. The first kappa shape index (κ1) is 22.6. The van der Waals surface area contributed by atoms with Crippen LogP contribution in [-0.4, -0.2) is 34.8 Å². The van der Waals surface area contributed by atoms with E-state index >= 15 is 0 Å². The van der Waals surface area contributed by atoms with Crippen molar-refractivity contribution in [2.24, 2.45) is 10.2 Å². The number of para-hydroxylation sites is 1. The quantitative estimate of drug-likeness (QED) is 0.340. The second kappa shape index (κ2) is 9.59. The average molecular weight is 535 g/mol. The predicted molar refractivity (Wildman–Crippen MR) is 131 cm³/mol. The van der Waals surface area contributed by atoms with Gasteiger partial charge in [-0.3, -0.25) is 9.59 Å². The lowest BCUT2D eigenvalue weighted by Crippen LogP contribution is -2.28. The number of hydrogen-bond donors (Lipinski definition) is 2. The minimum Gasteiger partial charge on any atom is -0.493 e. The Morgan fingerprint density at radius 1 is 1.03 bits per heavy atom. The van der Waals surface area contributed by atoms with Crippen LogP contribution in [0.1, 0.15) is 15.9 Å². The number of hydrogen-bond acceptors (Lipinski definition) is 6. The molecule has 0 spiro atoms. The van der Waals surface area contributed by atoms with Crippen LogP contribution in [0, 0.1) is 0 Å². The van der Waals surface area contributed by atoms with Crippen LogP contribution in [0.4, 0.5) is 5.69 Å². The number of halogens is 1. The fraction of sp³-hybridized carbons (Fsp3) is 0.120. The molecule has 1 aromatic heterocycles. The molecule has 0 radical (unpaired) electrons. The number of ether oxygens (including phenoxy) is 2. The number of nitrogens with one attached hydrogen (secondary N) is 1. The van der Waals surface area contributed by atoms with Gasteiger partial charge in [-0.15, -0.1) is 10.2 Å². The number of azo groups is 1. The first-order valence-corrected chi connectivity index (χ1v) is 11.5. The molecule has 1 aliphatic rings. The van der Waals surface area contributed by atoms with Crippen molar-refractivity contribution in [3.8, 4) is 17.4 Å². The van der Waals surface area contributed by atoms with E-state index in [-0.39, 0.29) is 24.9 Å². The van der Waals surface area contributed by atoms with Crippen molar-refractivity contribution in [3.63, 3.8) is 0 Å². The fourth-order valence-corrected chi connectivity index (χ4v) is 4.18. The largest absolute Gasteiger partial charge is 0.493 e. The summed E-state index contributed by atoms with van der Waals surface area (Å²) in [6, 6.07) is 19.7. The summed E-state index contributed by atoms with van der Waals surface area (Å²) in [4.78, 5) is 24.5. The van der Waals surface area contributed by atoms with E-state index in [1.807, 2.05) is 36.4 Å². The lowest BCUT2D eigenvalue weighted by Gasteiger charge is -2.08. The van der Waals surface area contributed by atoms with Crippen LogP contribution in [0.3, 0.4) is 0 Å². The van der Waals surface area contributed by atoms with E-state index in [1.165, 1.54) is 0 Å². The lowest BCUT2D eigenvalue weighted by molar-refractivity contribution is -0.117. The SMILES string of the molecule is O=C(CNC(=O)c1cccc(Br)c1)N=Nc1c(O)n(Cc2ccc3c(c2)OCO3)c2ccccc12. The Morgan fingerprint density at radius 2 is 1.86 bits per heavy atom. The van der Waals surface area contributed by atoms with Crippen LogP contribution in [-0.2, 0) is 11.3 Å². The van der Waals surface area contributed by atoms with Crippen LogP contribution in [0.5, 0.6) is 17.4 Å². The van der Waals surface area contributed by atoms with Gasteiger partial charge in [0.25, 0.3) is 11.8 Å². The maximum absolute atomic E-state index is 12.3. The highest BCUT2D eigenvalue weighted by Crippen LogP contribution is 2.40. The van der Waals surface area contributed by atoms with E-state index in [0.717, 1.165) is 15.6 Å². The lowest BCUT2D eigenvalue weighted by atomic mass is 10.2. The summed E-state index contributed by atoms with van der Waals surface area (Å²) < 4.78 is 13.2. The predicted octanol–water partition coefficient (Wildman–Crippen LogP) is 4.93. The van der Waals surface area contributed by atoms with Gasteiger partial charge in [-0.05, 0) is 42.0 Å². The Bertz CT molecular complexity index is 1480. The molecular formula is C25H19BrN4O5. The summed E-state index contributed by atoms with van der Waals surface area (Å²) in [5.74, 6) is 0.140. The molecular weight excluding hydrogens is 516 g/mol. The first-order chi connectivity index (χ1) is 17.0. The fourth-order valence-electron chi connectivity index (χ4n) is 3.78. The Kier molecular flexibility index (Phi) is 6.19. The zero-order valence-electron chi connectivity index (χ0n) is 18.3. The maximum Gasteiger partial charge on any atom is 0.283 e. The van der Waals surface area contributed by atoms with E-state index in [2.05, 4.69) is 31.5 Å². The van der Waals surface area contributed by atoms with Crippen molar-refractivity contribution < 1.29 is 24.2 Å². The molecule has 3 aromatic carbocycles. The van der Waals surface area contributed by atoms with Gasteiger partial charge in [-0.2, -0.15) is 0 Å². The molecule has 5 rings (SSSR count). The molecule has 0 saturated heterocycles. The van der Waals surface area contributed by atoms with Gasteiger partial charge in [0.2, 0.25) is 12.7 Å². The Morgan fingerprint density at radius 3 is 2.71 bits per heavy atom. The summed E-state index contributed by atoms with van der Waals surface area (Å²) >= 11 is 3.31. The number of amides is 2. The standard InChI is InChI=1S/C25H19BrN4O5/c26-17-5-3-4-16(11-17)24(32)27-12-22(31)28-29-23-18-6-1-2-7-19(18)30(25(23)33)13-15-8-9-20-21(10-15)35-14-34-20/h1-11,33H,12-14H2,(H,27,32). The summed E-state index contributed by atoms with van der Waals surface area (Å²) in [5, 5.41) is 21.8. The topological polar surface area (TPSA) is 115 Å². The van der Waals surface area contributed by atoms with Gasteiger partial charge in [0.1, 0.15) is 6.54 Å². The number of carbonyl (C=O) groups excluding carboxylic acids is 2. The van der Waals surface area contributed by atoms with Gasteiger partial charge < -0.3 is 24.5 Å². The Balaban J connectivity index is 1.34. The van der Waals surface area contributed by atoms with Crippen LogP contribution < -0.4 is 14.8 Å². The first-order valence-electron chi connectivity index (χ1n) is 10.7. The minimum absolute atomic E-state index is 0.126. The highest BCUT2D eigenvalue weighted by Gasteiger charge is 2.19. The normalized spacial score (nSPS) is 12.4. The zero-order chi connectivity index (χ0) is 24.4. The van der Waals surface area contributed by atoms with Gasteiger partial charge in [0.05, 0.1) is 12.1 Å². The van der Waals surface area contributed by atoms with Crippen molar-refractivity contribution in [1.82, 2.24) is 9.88 Å². The van der Waals surface area contributed by atoms with Gasteiger partial charge >= 0.3 is 0 Å². The third kappa shape index (κ3) is 4.73. The molecule has 0 fully saturated rings. The van der Waals surface area contributed by atoms with Crippen LogP contribution in [0.25, 0.3) is 10.9 Å². The molecule has 176 valence electrons. The Hall–Kier alpha value is -4.18. The third-order valence-corrected chi connectivity index (χ3v) is 5.94. The number of aromatic nitrogens is 1. The second-order valence-corrected chi connectivity index (χ2v) is 8.67. The van der Waals surface area contributed by atoms with Gasteiger partial charge in [-0.1, -0.05) is 46.3 Å². The minimum atomic E-state index is -0.652. The van der Waals surface area contributed by atoms with Gasteiger partial charge in [0, 0.05) is 15.4 Å². The van der Waals surface area contributed by atoms with Crippen molar-refractivity contribution >= 4 is 44.3 Å². The van der Waals surface area contributed by atoms with E-state index in [0.29, 0.717) is 29.0 Å². The molecule has 35 heavy (non-hydrogen) atoms. The van der Waals surface area contributed by atoms with Crippen molar-refractivity contribution in [3.05, 3.63) is 82.3 Å². The van der Waals surface area contributed by atoms with Crippen molar-refractivity contribution in [2.75, 3.05) is 13.3 Å². The molecule has 9 nitrogen and oxygen atoms in total. The van der Waals surface area contributed by atoms with E-state index < -0.39 is 11.8 Å². The zero-order valence-corrected chi connectivity index (χ0v) is 19.9. The number of nitrogens with zero attached hydrogens (tertiary/aromatic N) is 3. The smallest absolute Gasteiger partial charge is 0.283 e. The molecule has 0 bridgehead atoms. The summed E-state index contributed by atoms with van der Waals surface area (Å²) in [6.07, 6.45) is 0. The Labute approximate surface area is 208 Å². The second-order valence-electron chi connectivity index (χ2n) is 7.75. The molecule has 10 heteroatoms. The average Bonchev–Trinajstić information content (AvgIpc) is 3.43. The summed E-state index contributed by atoms with van der Waals surface area (Å²) in [7, 11) is 0. The monoisotopic (exact) mass is 534 g/mol. The third-order valence-electron chi connectivity index (χ3n) is 5.44. The molecule has 0 atom stereocenters. The molecule has 1 aliphatic heterocycles. The number of rotatable bonds is 6. The molecule has 4 aromatic rings. The van der Waals surface area contributed by atoms with E-state index in [1.54, 1.807) is 34.9 Å². The molecule has 0 aliphatic carbocycles. The van der Waals surface area contributed by atoms with Crippen molar-refractivity contribution in [2.45, 2.75) is 6.54 Å². The molecule has 2 amide bonds.